The molecule has 0 N–H and O–H groups in total. The number of aryl methyl sites for hydroxylation is 1. The second-order valence-corrected chi connectivity index (χ2v) is 13.5. The number of benzene rings is 7. The van der Waals surface area contributed by atoms with Gasteiger partial charge in [0.2, 0.25) is 0 Å². The molecule has 7 aromatic carbocycles. The second-order valence-electron chi connectivity index (χ2n) is 13.5. The molecule has 0 bridgehead atoms. The van der Waals surface area contributed by atoms with Gasteiger partial charge in [0, 0.05) is 38.9 Å². The lowest BCUT2D eigenvalue weighted by molar-refractivity contribution is 0.660. The Morgan fingerprint density at radius 2 is 1.08 bits per heavy atom. The number of hydrogen-bond donors (Lipinski definition) is 0. The van der Waals surface area contributed by atoms with Gasteiger partial charge in [-0.25, -0.2) is 0 Å². The smallest absolute Gasteiger partial charge is 0.0541 e. The second kappa shape index (κ2) is 10.9. The molecule has 0 unspecified atom stereocenters. The number of fused-ring (bicyclic) bond motifs is 6. The largest absolute Gasteiger partial charge is 0.310 e. The first kappa shape index (κ1) is 28.4. The fraction of sp³-hybridized carbons (Fsp3) is 0.0870. The van der Waals surface area contributed by atoms with Gasteiger partial charge in [0.15, 0.2) is 0 Å². The molecule has 48 heavy (non-hydrogen) atoms. The minimum Gasteiger partial charge on any atom is -0.310 e. The number of hydrogen-bond acceptors (Lipinski definition) is 1. The zero-order valence-electron chi connectivity index (χ0n) is 27.5. The van der Waals surface area contributed by atoms with E-state index < -0.39 is 0 Å². The Bertz CT molecular complexity index is 2450. The van der Waals surface area contributed by atoms with Gasteiger partial charge < -0.3 is 9.47 Å². The van der Waals surface area contributed by atoms with Crippen molar-refractivity contribution in [2.75, 3.05) is 4.90 Å². The van der Waals surface area contributed by atoms with Crippen molar-refractivity contribution >= 4 is 38.9 Å². The van der Waals surface area contributed by atoms with Crippen molar-refractivity contribution < 1.29 is 0 Å². The van der Waals surface area contributed by atoms with Crippen LogP contribution in [-0.4, -0.2) is 4.57 Å². The van der Waals surface area contributed by atoms with E-state index in [2.05, 4.69) is 194 Å². The summed E-state index contributed by atoms with van der Waals surface area (Å²) in [4.78, 5) is 2.34. The monoisotopic (exact) mass is 616 g/mol. The average Bonchev–Trinajstić information content (AvgIpc) is 3.58. The zero-order chi connectivity index (χ0) is 32.4. The molecule has 230 valence electrons. The van der Waals surface area contributed by atoms with Gasteiger partial charge in [-0.15, -0.1) is 0 Å². The van der Waals surface area contributed by atoms with Crippen LogP contribution < -0.4 is 4.90 Å². The van der Waals surface area contributed by atoms with Crippen LogP contribution in [0.4, 0.5) is 17.1 Å². The summed E-state index contributed by atoms with van der Waals surface area (Å²) in [5, 5.41) is 2.54. The van der Waals surface area contributed by atoms with Gasteiger partial charge in [-0.1, -0.05) is 111 Å². The summed E-state index contributed by atoms with van der Waals surface area (Å²) in [6, 6.07) is 59.8. The van der Waals surface area contributed by atoms with E-state index in [0.29, 0.717) is 0 Å². The predicted octanol–water partition coefficient (Wildman–Crippen LogP) is 12.5. The van der Waals surface area contributed by atoms with Crippen molar-refractivity contribution in [1.29, 1.82) is 0 Å². The van der Waals surface area contributed by atoms with Crippen molar-refractivity contribution in [2.45, 2.75) is 26.2 Å². The molecule has 1 aromatic heterocycles. The van der Waals surface area contributed by atoms with Crippen molar-refractivity contribution in [3.05, 3.63) is 180 Å². The SMILES string of the molecule is Cc1cc(-c2ccc3c(c2)c2ccccc2n3-c2ccc3c(c2)C(C)(C)c2ccccc2-3)ccc1N(c1ccccc1)c1ccccc1. The number of aromatic nitrogens is 1. The van der Waals surface area contributed by atoms with Crippen LogP contribution in [0.3, 0.4) is 0 Å². The summed E-state index contributed by atoms with van der Waals surface area (Å²) in [6.07, 6.45) is 0. The molecule has 9 rings (SSSR count). The molecule has 0 amide bonds. The van der Waals surface area contributed by atoms with E-state index >= 15 is 0 Å². The van der Waals surface area contributed by atoms with Crippen LogP contribution in [0.1, 0.15) is 30.5 Å². The van der Waals surface area contributed by atoms with Crippen molar-refractivity contribution in [1.82, 2.24) is 4.57 Å². The van der Waals surface area contributed by atoms with E-state index in [-0.39, 0.29) is 5.41 Å². The Morgan fingerprint density at radius 1 is 0.479 bits per heavy atom. The number of para-hydroxylation sites is 3. The molecule has 0 saturated heterocycles. The standard InChI is InChI=1S/C46H36N2/c1-31-28-32(22-26-43(31)47(34-14-6-4-7-15-34)35-16-8-5-9-17-35)33-23-27-45-40(29-33)39-19-11-13-21-44(39)48(45)36-24-25-38-37-18-10-12-20-41(37)46(2,3)42(38)30-36/h4-30H,1-3H3. The van der Waals surface area contributed by atoms with E-state index in [1.54, 1.807) is 0 Å². The lowest BCUT2D eigenvalue weighted by atomic mass is 9.82. The molecule has 1 aliphatic carbocycles. The third kappa shape index (κ3) is 4.33. The maximum Gasteiger partial charge on any atom is 0.0541 e. The van der Waals surface area contributed by atoms with Gasteiger partial charge in [0.25, 0.3) is 0 Å². The zero-order valence-corrected chi connectivity index (χ0v) is 27.5. The summed E-state index contributed by atoms with van der Waals surface area (Å²) in [5.74, 6) is 0. The molecule has 0 spiro atoms. The molecular formula is C46H36N2. The molecule has 2 heteroatoms. The lowest BCUT2D eigenvalue weighted by Crippen LogP contribution is -2.15. The number of nitrogens with zero attached hydrogens (tertiary/aromatic N) is 2. The first-order valence-corrected chi connectivity index (χ1v) is 16.8. The first-order chi connectivity index (χ1) is 23.5. The Kier molecular flexibility index (Phi) is 6.42. The molecular weight excluding hydrogens is 581 g/mol. The van der Waals surface area contributed by atoms with E-state index in [9.17, 15) is 0 Å². The van der Waals surface area contributed by atoms with Crippen LogP contribution in [0.25, 0.3) is 49.7 Å². The highest BCUT2D eigenvalue weighted by Crippen LogP contribution is 2.49. The third-order valence-corrected chi connectivity index (χ3v) is 10.3. The summed E-state index contributed by atoms with van der Waals surface area (Å²) >= 11 is 0. The summed E-state index contributed by atoms with van der Waals surface area (Å²) in [5.41, 5.74) is 16.2. The minimum absolute atomic E-state index is 0.0471. The highest BCUT2D eigenvalue weighted by molar-refractivity contribution is 6.10. The Labute approximate surface area is 282 Å². The Hall–Kier alpha value is -5.86. The molecule has 1 aliphatic rings. The highest BCUT2D eigenvalue weighted by atomic mass is 15.1. The Morgan fingerprint density at radius 3 is 1.83 bits per heavy atom. The minimum atomic E-state index is -0.0471. The highest BCUT2D eigenvalue weighted by Gasteiger charge is 2.35. The van der Waals surface area contributed by atoms with Gasteiger partial charge in [0.1, 0.15) is 0 Å². The van der Waals surface area contributed by atoms with Crippen molar-refractivity contribution in [3.63, 3.8) is 0 Å². The third-order valence-electron chi connectivity index (χ3n) is 10.3. The maximum atomic E-state index is 2.44. The van der Waals surface area contributed by atoms with Gasteiger partial charge in [-0.05, 0) is 113 Å². The van der Waals surface area contributed by atoms with Crippen LogP contribution in [0.15, 0.2) is 164 Å². The molecule has 2 nitrogen and oxygen atoms in total. The van der Waals surface area contributed by atoms with Gasteiger partial charge >= 0.3 is 0 Å². The van der Waals surface area contributed by atoms with E-state index in [1.807, 2.05) is 0 Å². The van der Waals surface area contributed by atoms with Crippen LogP contribution in [0.2, 0.25) is 0 Å². The fourth-order valence-electron chi connectivity index (χ4n) is 7.93. The summed E-state index contributed by atoms with van der Waals surface area (Å²) < 4.78 is 2.44. The molecule has 0 saturated carbocycles. The molecule has 0 radical (unpaired) electrons. The van der Waals surface area contributed by atoms with Gasteiger partial charge in [-0.2, -0.15) is 0 Å². The summed E-state index contributed by atoms with van der Waals surface area (Å²) in [6.45, 7) is 6.92. The first-order valence-electron chi connectivity index (χ1n) is 16.8. The van der Waals surface area contributed by atoms with Crippen LogP contribution in [0.5, 0.6) is 0 Å². The maximum absolute atomic E-state index is 2.44. The number of anilines is 3. The van der Waals surface area contributed by atoms with Gasteiger partial charge in [0.05, 0.1) is 11.0 Å². The van der Waals surface area contributed by atoms with E-state index in [0.717, 1.165) is 11.4 Å². The molecule has 1 heterocycles. The fourth-order valence-corrected chi connectivity index (χ4v) is 7.93. The van der Waals surface area contributed by atoms with Crippen LogP contribution >= 0.6 is 0 Å². The summed E-state index contributed by atoms with van der Waals surface area (Å²) in [7, 11) is 0. The lowest BCUT2D eigenvalue weighted by Gasteiger charge is -2.27. The Balaban J connectivity index is 1.15. The average molecular weight is 617 g/mol. The van der Waals surface area contributed by atoms with Crippen molar-refractivity contribution in [3.8, 4) is 27.9 Å². The van der Waals surface area contributed by atoms with Crippen LogP contribution in [-0.2, 0) is 5.41 Å². The normalized spacial score (nSPS) is 13.1. The quantitative estimate of drug-likeness (QED) is 0.187. The molecule has 8 aromatic rings. The molecule has 0 aliphatic heterocycles. The van der Waals surface area contributed by atoms with Gasteiger partial charge in [-0.3, -0.25) is 0 Å². The van der Waals surface area contributed by atoms with Crippen LogP contribution in [0, 0.1) is 6.92 Å². The van der Waals surface area contributed by atoms with Crippen molar-refractivity contribution in [2.24, 2.45) is 0 Å². The number of rotatable bonds is 5. The molecule has 0 fully saturated rings. The predicted molar refractivity (Wildman–Crippen MR) is 203 cm³/mol. The van der Waals surface area contributed by atoms with E-state index in [4.69, 9.17) is 0 Å². The topological polar surface area (TPSA) is 8.17 Å². The van der Waals surface area contributed by atoms with E-state index in [1.165, 1.54) is 72.1 Å². The molecule has 0 atom stereocenters.